The summed E-state index contributed by atoms with van der Waals surface area (Å²) in [6.07, 6.45) is 4.07. The number of aromatic nitrogens is 1. The summed E-state index contributed by atoms with van der Waals surface area (Å²) in [6, 6.07) is 5.21. The molecular weight excluding hydrogens is 162 g/mol. The first kappa shape index (κ1) is 11.9. The SMILES string of the molecule is CCC.CCCn1ccccc1=O. The van der Waals surface area contributed by atoms with Crippen molar-refractivity contribution in [2.45, 2.75) is 40.2 Å². The minimum Gasteiger partial charge on any atom is -0.316 e. The van der Waals surface area contributed by atoms with Gasteiger partial charge in [0.1, 0.15) is 0 Å². The van der Waals surface area contributed by atoms with Crippen LogP contribution in [0.3, 0.4) is 0 Å². The Hall–Kier alpha value is -1.05. The fourth-order valence-electron chi connectivity index (χ4n) is 0.886. The quantitative estimate of drug-likeness (QED) is 0.687. The third-order valence-electron chi connectivity index (χ3n) is 1.36. The monoisotopic (exact) mass is 181 g/mol. The summed E-state index contributed by atoms with van der Waals surface area (Å²) >= 11 is 0. The Kier molecular flexibility index (Phi) is 6.98. The van der Waals surface area contributed by atoms with Gasteiger partial charge in [-0.05, 0) is 12.5 Å². The van der Waals surface area contributed by atoms with Gasteiger partial charge in [0.25, 0.3) is 0 Å². The Morgan fingerprint density at radius 1 is 1.23 bits per heavy atom. The van der Waals surface area contributed by atoms with Gasteiger partial charge in [0.15, 0.2) is 0 Å². The molecule has 1 aromatic rings. The predicted octanol–water partition coefficient (Wildman–Crippen LogP) is 2.67. The van der Waals surface area contributed by atoms with Crippen LogP contribution in [0.2, 0.25) is 0 Å². The molecule has 0 aliphatic carbocycles. The Labute approximate surface area is 80.2 Å². The zero-order valence-electron chi connectivity index (χ0n) is 8.79. The molecule has 0 saturated carbocycles. The molecule has 0 aliphatic rings. The van der Waals surface area contributed by atoms with Crippen LogP contribution in [0, 0.1) is 0 Å². The number of nitrogens with zero attached hydrogens (tertiary/aromatic N) is 1. The Bertz CT molecular complexity index is 265. The summed E-state index contributed by atoms with van der Waals surface area (Å²) in [6.45, 7) is 7.12. The molecule has 1 heterocycles. The maximum atomic E-state index is 11.0. The first-order valence-corrected chi connectivity index (χ1v) is 4.91. The second kappa shape index (κ2) is 7.59. The average molecular weight is 181 g/mol. The van der Waals surface area contributed by atoms with Crippen molar-refractivity contribution in [2.24, 2.45) is 0 Å². The van der Waals surface area contributed by atoms with Crippen LogP contribution in [0.4, 0.5) is 0 Å². The number of pyridine rings is 1. The average Bonchev–Trinajstić information content (AvgIpc) is 2.11. The second-order valence-corrected chi connectivity index (χ2v) is 2.94. The molecule has 0 N–H and O–H groups in total. The van der Waals surface area contributed by atoms with Crippen molar-refractivity contribution in [1.82, 2.24) is 4.57 Å². The lowest BCUT2D eigenvalue weighted by atomic mass is 10.4. The van der Waals surface area contributed by atoms with Crippen LogP contribution in [0.15, 0.2) is 29.2 Å². The fourth-order valence-corrected chi connectivity index (χ4v) is 0.886. The highest BCUT2D eigenvalue weighted by Gasteiger charge is 1.88. The minimum absolute atomic E-state index is 0.0874. The van der Waals surface area contributed by atoms with Gasteiger partial charge in [0.05, 0.1) is 0 Å². The van der Waals surface area contributed by atoms with Gasteiger partial charge in [-0.3, -0.25) is 4.79 Å². The summed E-state index contributed by atoms with van der Waals surface area (Å²) in [4.78, 5) is 11.0. The Morgan fingerprint density at radius 3 is 2.31 bits per heavy atom. The molecule has 0 spiro atoms. The molecule has 0 atom stereocenters. The van der Waals surface area contributed by atoms with E-state index >= 15 is 0 Å². The van der Waals surface area contributed by atoms with E-state index in [1.165, 1.54) is 6.42 Å². The molecule has 0 saturated heterocycles. The van der Waals surface area contributed by atoms with Gasteiger partial charge in [-0.2, -0.15) is 0 Å². The van der Waals surface area contributed by atoms with E-state index in [-0.39, 0.29) is 5.56 Å². The molecule has 13 heavy (non-hydrogen) atoms. The highest BCUT2D eigenvalue weighted by Crippen LogP contribution is 1.84. The van der Waals surface area contributed by atoms with E-state index in [0.717, 1.165) is 13.0 Å². The van der Waals surface area contributed by atoms with Crippen molar-refractivity contribution in [3.8, 4) is 0 Å². The van der Waals surface area contributed by atoms with Crippen molar-refractivity contribution < 1.29 is 0 Å². The molecule has 0 bridgehead atoms. The molecular formula is C11H19NO. The normalized spacial score (nSPS) is 8.85. The summed E-state index contributed by atoms with van der Waals surface area (Å²) in [5.41, 5.74) is 0.0874. The molecule has 2 heteroatoms. The fraction of sp³-hybridized carbons (Fsp3) is 0.545. The van der Waals surface area contributed by atoms with Gasteiger partial charge in [0, 0.05) is 18.8 Å². The lowest BCUT2D eigenvalue weighted by Gasteiger charge is -1.99. The minimum atomic E-state index is 0.0874. The smallest absolute Gasteiger partial charge is 0.250 e. The summed E-state index contributed by atoms with van der Waals surface area (Å²) in [7, 11) is 0. The summed E-state index contributed by atoms with van der Waals surface area (Å²) in [5.74, 6) is 0. The molecule has 0 aromatic carbocycles. The van der Waals surface area contributed by atoms with E-state index in [4.69, 9.17) is 0 Å². The lowest BCUT2D eigenvalue weighted by molar-refractivity contribution is 0.654. The zero-order valence-corrected chi connectivity index (χ0v) is 8.79. The van der Waals surface area contributed by atoms with Crippen LogP contribution in [0.5, 0.6) is 0 Å². The molecule has 1 aromatic heterocycles. The van der Waals surface area contributed by atoms with Crippen LogP contribution >= 0.6 is 0 Å². The predicted molar refractivity (Wildman–Crippen MR) is 57.0 cm³/mol. The molecule has 1 rings (SSSR count). The highest BCUT2D eigenvalue weighted by molar-refractivity contribution is 4.92. The van der Waals surface area contributed by atoms with Gasteiger partial charge >= 0.3 is 0 Å². The van der Waals surface area contributed by atoms with Gasteiger partial charge in [0.2, 0.25) is 5.56 Å². The number of aryl methyl sites for hydroxylation is 1. The van der Waals surface area contributed by atoms with Crippen LogP contribution < -0.4 is 5.56 Å². The van der Waals surface area contributed by atoms with Crippen LogP contribution in [-0.2, 0) is 6.54 Å². The van der Waals surface area contributed by atoms with Gasteiger partial charge in [-0.1, -0.05) is 33.3 Å². The van der Waals surface area contributed by atoms with Gasteiger partial charge < -0.3 is 4.57 Å². The van der Waals surface area contributed by atoms with E-state index in [2.05, 4.69) is 20.8 Å². The van der Waals surface area contributed by atoms with Gasteiger partial charge in [-0.25, -0.2) is 0 Å². The van der Waals surface area contributed by atoms with Crippen molar-refractivity contribution in [3.05, 3.63) is 34.7 Å². The first-order chi connectivity index (χ1) is 6.26. The molecule has 0 amide bonds. The van der Waals surface area contributed by atoms with E-state index in [1.54, 1.807) is 16.7 Å². The molecule has 0 unspecified atom stereocenters. The Morgan fingerprint density at radius 2 is 1.85 bits per heavy atom. The van der Waals surface area contributed by atoms with Crippen LogP contribution in [0.25, 0.3) is 0 Å². The van der Waals surface area contributed by atoms with E-state index in [9.17, 15) is 4.79 Å². The van der Waals surface area contributed by atoms with Gasteiger partial charge in [-0.15, -0.1) is 0 Å². The number of hydrogen-bond acceptors (Lipinski definition) is 1. The number of rotatable bonds is 2. The maximum Gasteiger partial charge on any atom is 0.250 e. The van der Waals surface area contributed by atoms with Crippen molar-refractivity contribution in [1.29, 1.82) is 0 Å². The highest BCUT2D eigenvalue weighted by atomic mass is 16.1. The summed E-state index contributed by atoms with van der Waals surface area (Å²) in [5, 5.41) is 0. The molecule has 0 aliphatic heterocycles. The zero-order chi connectivity index (χ0) is 10.1. The summed E-state index contributed by atoms with van der Waals surface area (Å²) < 4.78 is 1.71. The lowest BCUT2D eigenvalue weighted by Crippen LogP contribution is -2.16. The molecule has 74 valence electrons. The van der Waals surface area contributed by atoms with E-state index in [1.807, 2.05) is 12.3 Å². The largest absolute Gasteiger partial charge is 0.316 e. The van der Waals surface area contributed by atoms with E-state index in [0.29, 0.717) is 0 Å². The third-order valence-corrected chi connectivity index (χ3v) is 1.36. The molecule has 2 nitrogen and oxygen atoms in total. The standard InChI is InChI=1S/C8H11NO.C3H8/c1-2-6-9-7-4-3-5-8(9)10;1-3-2/h3-5,7H,2,6H2,1H3;3H2,1-2H3. The van der Waals surface area contributed by atoms with Crippen LogP contribution in [0.1, 0.15) is 33.6 Å². The first-order valence-electron chi connectivity index (χ1n) is 4.91. The van der Waals surface area contributed by atoms with Crippen molar-refractivity contribution in [3.63, 3.8) is 0 Å². The Balaban J connectivity index is 0.000000424. The van der Waals surface area contributed by atoms with E-state index < -0.39 is 0 Å². The van der Waals surface area contributed by atoms with Crippen molar-refractivity contribution in [2.75, 3.05) is 0 Å². The van der Waals surface area contributed by atoms with Crippen LogP contribution in [-0.4, -0.2) is 4.57 Å². The van der Waals surface area contributed by atoms with Crippen molar-refractivity contribution >= 4 is 0 Å². The molecule has 0 fully saturated rings. The maximum absolute atomic E-state index is 11.0. The third kappa shape index (κ3) is 5.23. The topological polar surface area (TPSA) is 22.0 Å². The molecule has 0 radical (unpaired) electrons. The number of hydrogen-bond donors (Lipinski definition) is 0. The second-order valence-electron chi connectivity index (χ2n) is 2.94.